The Kier molecular flexibility index (Phi) is 6.48. The molecule has 0 saturated heterocycles. The first-order valence-corrected chi connectivity index (χ1v) is 10.5. The molecule has 0 spiro atoms. The van der Waals surface area contributed by atoms with Crippen LogP contribution in [0.25, 0.3) is 0 Å². The van der Waals surface area contributed by atoms with Crippen LogP contribution in [0.3, 0.4) is 0 Å². The van der Waals surface area contributed by atoms with Gasteiger partial charge in [0.15, 0.2) is 0 Å². The van der Waals surface area contributed by atoms with Gasteiger partial charge in [-0.25, -0.2) is 8.42 Å². The molecule has 0 unspecified atom stereocenters. The minimum absolute atomic E-state index is 0.0700. The summed E-state index contributed by atoms with van der Waals surface area (Å²) < 4.78 is 31.1. The fourth-order valence-electron chi connectivity index (χ4n) is 2.89. The van der Waals surface area contributed by atoms with E-state index in [1.807, 2.05) is 13.0 Å². The zero-order valence-electron chi connectivity index (χ0n) is 16.8. The van der Waals surface area contributed by atoms with Crippen LogP contribution in [0.1, 0.15) is 18.1 Å². The number of nitro groups is 1. The van der Waals surface area contributed by atoms with E-state index in [-0.39, 0.29) is 11.4 Å². The van der Waals surface area contributed by atoms with E-state index in [1.165, 1.54) is 26.2 Å². The summed E-state index contributed by atoms with van der Waals surface area (Å²) in [5.74, 6) is -0.182. The van der Waals surface area contributed by atoms with E-state index in [2.05, 4.69) is 5.32 Å². The van der Waals surface area contributed by atoms with Crippen LogP contribution in [0.5, 0.6) is 5.75 Å². The van der Waals surface area contributed by atoms with Crippen LogP contribution in [0.4, 0.5) is 17.1 Å². The van der Waals surface area contributed by atoms with E-state index in [9.17, 15) is 23.3 Å². The number of benzene rings is 2. The number of ether oxygens (including phenoxy) is 1. The van der Waals surface area contributed by atoms with Gasteiger partial charge in [0.2, 0.25) is 15.9 Å². The first-order valence-electron chi connectivity index (χ1n) is 8.65. The molecule has 0 heterocycles. The Morgan fingerprint density at radius 3 is 2.41 bits per heavy atom. The average molecular weight is 421 g/mol. The maximum atomic E-state index is 12.9. The Labute approximate surface area is 169 Å². The van der Waals surface area contributed by atoms with Crippen LogP contribution in [-0.2, 0) is 14.8 Å². The predicted molar refractivity (Wildman–Crippen MR) is 111 cm³/mol. The van der Waals surface area contributed by atoms with Crippen molar-refractivity contribution in [1.29, 1.82) is 0 Å². The molecule has 0 fully saturated rings. The standard InChI is InChI=1S/C19H23N3O6S/c1-12-6-9-18(28-4)16(10-12)20-19(23)14(3)21(29(5,26)27)17-11-15(22(24)25)8-7-13(17)2/h6-11,14H,1-5H3,(H,20,23)/t14-/m1/s1. The number of hydrogen-bond acceptors (Lipinski definition) is 6. The van der Waals surface area contributed by atoms with Crippen molar-refractivity contribution < 1.29 is 22.9 Å². The quantitative estimate of drug-likeness (QED) is 0.542. The van der Waals surface area contributed by atoms with E-state index in [1.54, 1.807) is 19.1 Å². The summed E-state index contributed by atoms with van der Waals surface area (Å²) in [4.78, 5) is 23.4. The second-order valence-corrected chi connectivity index (χ2v) is 8.52. The topological polar surface area (TPSA) is 119 Å². The molecule has 0 aromatic heterocycles. The molecule has 2 rings (SSSR count). The minimum Gasteiger partial charge on any atom is -0.495 e. The molecule has 156 valence electrons. The third-order valence-electron chi connectivity index (χ3n) is 4.34. The third kappa shape index (κ3) is 5.02. The first-order chi connectivity index (χ1) is 13.5. The van der Waals surface area contributed by atoms with Gasteiger partial charge in [-0.05, 0) is 44.0 Å². The second-order valence-electron chi connectivity index (χ2n) is 6.66. The molecule has 0 bridgehead atoms. The molecule has 9 nitrogen and oxygen atoms in total. The zero-order valence-corrected chi connectivity index (χ0v) is 17.6. The highest BCUT2D eigenvalue weighted by molar-refractivity contribution is 7.92. The van der Waals surface area contributed by atoms with E-state index in [4.69, 9.17) is 4.74 Å². The lowest BCUT2D eigenvalue weighted by Crippen LogP contribution is -2.45. The molecule has 10 heteroatoms. The largest absolute Gasteiger partial charge is 0.495 e. The maximum Gasteiger partial charge on any atom is 0.271 e. The summed E-state index contributed by atoms with van der Waals surface area (Å²) in [7, 11) is -2.47. The van der Waals surface area contributed by atoms with Gasteiger partial charge < -0.3 is 10.1 Å². The van der Waals surface area contributed by atoms with Gasteiger partial charge in [0, 0.05) is 12.1 Å². The van der Waals surface area contributed by atoms with E-state index in [0.717, 1.165) is 22.2 Å². The van der Waals surface area contributed by atoms with Crippen molar-refractivity contribution in [2.45, 2.75) is 26.8 Å². The van der Waals surface area contributed by atoms with Crippen molar-refractivity contribution in [3.63, 3.8) is 0 Å². The lowest BCUT2D eigenvalue weighted by atomic mass is 10.1. The lowest BCUT2D eigenvalue weighted by molar-refractivity contribution is -0.384. The monoisotopic (exact) mass is 421 g/mol. The summed E-state index contributed by atoms with van der Waals surface area (Å²) in [6, 6.07) is 7.90. The first kappa shape index (κ1) is 22.2. The molecule has 1 atom stereocenters. The number of non-ortho nitro benzene ring substituents is 1. The van der Waals surface area contributed by atoms with Crippen molar-refractivity contribution >= 4 is 33.0 Å². The number of amides is 1. The Morgan fingerprint density at radius 1 is 1.21 bits per heavy atom. The Morgan fingerprint density at radius 2 is 1.86 bits per heavy atom. The van der Waals surface area contributed by atoms with E-state index >= 15 is 0 Å². The van der Waals surface area contributed by atoms with Gasteiger partial charge in [-0.1, -0.05) is 12.1 Å². The Bertz CT molecular complexity index is 1050. The third-order valence-corrected chi connectivity index (χ3v) is 5.57. The van der Waals surface area contributed by atoms with Crippen LogP contribution < -0.4 is 14.4 Å². The van der Waals surface area contributed by atoms with Crippen LogP contribution in [0.2, 0.25) is 0 Å². The number of carbonyl (C=O) groups excluding carboxylic acids is 1. The number of nitrogens with one attached hydrogen (secondary N) is 1. The van der Waals surface area contributed by atoms with Gasteiger partial charge in [-0.2, -0.15) is 0 Å². The van der Waals surface area contributed by atoms with E-state index < -0.39 is 26.9 Å². The number of sulfonamides is 1. The highest BCUT2D eigenvalue weighted by atomic mass is 32.2. The van der Waals surface area contributed by atoms with Crippen LogP contribution >= 0.6 is 0 Å². The van der Waals surface area contributed by atoms with Gasteiger partial charge >= 0.3 is 0 Å². The lowest BCUT2D eigenvalue weighted by Gasteiger charge is -2.29. The summed E-state index contributed by atoms with van der Waals surface area (Å²) in [5, 5.41) is 13.8. The van der Waals surface area contributed by atoms with Crippen molar-refractivity contribution in [2.75, 3.05) is 23.0 Å². The van der Waals surface area contributed by atoms with Crippen molar-refractivity contribution in [3.05, 3.63) is 57.6 Å². The zero-order chi connectivity index (χ0) is 21.9. The number of aryl methyl sites for hydroxylation is 2. The molecule has 1 N–H and O–H groups in total. The van der Waals surface area contributed by atoms with Gasteiger partial charge in [0.05, 0.1) is 29.7 Å². The van der Waals surface area contributed by atoms with Gasteiger partial charge in [0.1, 0.15) is 11.8 Å². The molecule has 0 aliphatic heterocycles. The van der Waals surface area contributed by atoms with Crippen molar-refractivity contribution in [3.8, 4) is 5.75 Å². The number of hydrogen-bond donors (Lipinski definition) is 1. The molecular weight excluding hydrogens is 398 g/mol. The summed E-state index contributed by atoms with van der Waals surface area (Å²) in [5.41, 5.74) is 1.55. The molecule has 0 aliphatic carbocycles. The number of rotatable bonds is 7. The Balaban J connectivity index is 2.47. The molecule has 0 aliphatic rings. The van der Waals surface area contributed by atoms with Gasteiger partial charge in [-0.15, -0.1) is 0 Å². The predicted octanol–water partition coefficient (Wildman–Crippen LogP) is 3.01. The number of nitro benzene ring substituents is 1. The molecule has 2 aromatic rings. The van der Waals surface area contributed by atoms with Crippen LogP contribution in [0.15, 0.2) is 36.4 Å². The van der Waals surface area contributed by atoms with Crippen molar-refractivity contribution in [2.24, 2.45) is 0 Å². The van der Waals surface area contributed by atoms with Gasteiger partial charge in [0.25, 0.3) is 5.69 Å². The molecule has 29 heavy (non-hydrogen) atoms. The summed E-state index contributed by atoms with van der Waals surface area (Å²) in [6.45, 7) is 4.87. The smallest absolute Gasteiger partial charge is 0.271 e. The molecular formula is C19H23N3O6S. The second kappa shape index (κ2) is 8.48. The number of anilines is 2. The molecule has 0 radical (unpaired) electrons. The van der Waals surface area contributed by atoms with E-state index in [0.29, 0.717) is 17.0 Å². The van der Waals surface area contributed by atoms with Gasteiger partial charge in [-0.3, -0.25) is 19.2 Å². The number of methoxy groups -OCH3 is 1. The van der Waals surface area contributed by atoms with Crippen LogP contribution in [-0.4, -0.2) is 38.7 Å². The fourth-order valence-corrected chi connectivity index (χ4v) is 4.11. The summed E-state index contributed by atoms with van der Waals surface area (Å²) in [6.07, 6.45) is 0.947. The maximum absolute atomic E-state index is 12.9. The normalized spacial score (nSPS) is 12.2. The number of carbonyl (C=O) groups is 1. The molecule has 2 aromatic carbocycles. The Hall–Kier alpha value is -3.14. The SMILES string of the molecule is COc1ccc(C)cc1NC(=O)[C@@H](C)N(c1cc([N+](=O)[O-])ccc1C)S(C)(=O)=O. The van der Waals surface area contributed by atoms with Crippen molar-refractivity contribution in [1.82, 2.24) is 0 Å². The average Bonchev–Trinajstić information content (AvgIpc) is 2.62. The minimum atomic E-state index is -3.92. The highest BCUT2D eigenvalue weighted by Crippen LogP contribution is 2.30. The summed E-state index contributed by atoms with van der Waals surface area (Å²) >= 11 is 0. The molecule has 0 saturated carbocycles. The highest BCUT2D eigenvalue weighted by Gasteiger charge is 2.31. The fraction of sp³-hybridized carbons (Fsp3) is 0.316. The molecule has 1 amide bonds. The number of nitrogens with zero attached hydrogens (tertiary/aromatic N) is 2. The van der Waals surface area contributed by atoms with Crippen LogP contribution in [0, 0.1) is 24.0 Å².